The molecule has 1 N–H and O–H groups in total. The number of amides is 3. The topological polar surface area (TPSA) is 88.2 Å². The molecule has 2 saturated heterocycles. The van der Waals surface area contributed by atoms with Crippen LogP contribution >= 0.6 is 0 Å². The zero-order valence-electron chi connectivity index (χ0n) is 12.3. The molecule has 0 saturated carbocycles. The number of hydrogen-bond donors (Lipinski definition) is 1. The molecule has 2 heterocycles. The minimum Gasteiger partial charge on any atom is -0.447 e. The Labute approximate surface area is 134 Å². The average Bonchev–Trinajstić information content (AvgIpc) is 3.11. The molecular weight excluding hydrogens is 328 g/mol. The Balaban J connectivity index is 1.84. The van der Waals surface area contributed by atoms with Gasteiger partial charge in [0, 0.05) is 12.1 Å². The summed E-state index contributed by atoms with van der Waals surface area (Å²) in [6, 6.07) is 1.89. The molecule has 2 fully saturated rings. The number of carbonyl (C=O) groups excluding carboxylic acids is 3. The Morgan fingerprint density at radius 3 is 2.50 bits per heavy atom. The highest BCUT2D eigenvalue weighted by molar-refractivity contribution is 5.92. The number of carbonyl (C=O) groups is 3. The molecule has 0 radical (unpaired) electrons. The Morgan fingerprint density at radius 1 is 1.21 bits per heavy atom. The average molecular weight is 341 g/mol. The third-order valence-corrected chi connectivity index (χ3v) is 3.65. The lowest BCUT2D eigenvalue weighted by Gasteiger charge is -2.18. The van der Waals surface area contributed by atoms with Crippen molar-refractivity contribution in [1.29, 1.82) is 0 Å². The molecular formula is C14H13F2N3O5. The standard InChI is InChI=1S/C14H13F2N3O5/c15-10-3-8(19-6-9(5-17-7-20)24-14(19)22)4-11(16)12(10)18-1-2-23-13(18)21/h3-4,7,9H,1-2,5-6H2,(H,17,20)/t9-/m1/s1. The van der Waals surface area contributed by atoms with Crippen LogP contribution in [0.5, 0.6) is 0 Å². The van der Waals surface area contributed by atoms with Gasteiger partial charge in [0.2, 0.25) is 6.41 Å². The number of hydrogen-bond acceptors (Lipinski definition) is 5. The Bertz CT molecular complexity index is 676. The second-order valence-corrected chi connectivity index (χ2v) is 5.17. The van der Waals surface area contributed by atoms with E-state index in [0.29, 0.717) is 6.41 Å². The van der Waals surface area contributed by atoms with Gasteiger partial charge in [-0.25, -0.2) is 18.4 Å². The van der Waals surface area contributed by atoms with E-state index in [1.165, 1.54) is 0 Å². The fourth-order valence-corrected chi connectivity index (χ4v) is 2.58. The number of benzene rings is 1. The highest BCUT2D eigenvalue weighted by Gasteiger charge is 2.35. The highest BCUT2D eigenvalue weighted by Crippen LogP contribution is 2.32. The van der Waals surface area contributed by atoms with E-state index in [9.17, 15) is 23.2 Å². The van der Waals surface area contributed by atoms with Crippen LogP contribution in [0.2, 0.25) is 0 Å². The molecule has 0 aliphatic carbocycles. The minimum atomic E-state index is -0.994. The van der Waals surface area contributed by atoms with Crippen molar-refractivity contribution in [2.24, 2.45) is 0 Å². The van der Waals surface area contributed by atoms with Crippen molar-refractivity contribution in [3.8, 4) is 0 Å². The lowest BCUT2D eigenvalue weighted by molar-refractivity contribution is -0.109. The number of halogens is 2. The van der Waals surface area contributed by atoms with Gasteiger partial charge < -0.3 is 14.8 Å². The van der Waals surface area contributed by atoms with Crippen LogP contribution in [-0.2, 0) is 14.3 Å². The van der Waals surface area contributed by atoms with Crippen molar-refractivity contribution >= 4 is 30.0 Å². The van der Waals surface area contributed by atoms with Gasteiger partial charge in [-0.15, -0.1) is 0 Å². The minimum absolute atomic E-state index is 0.0314. The largest absolute Gasteiger partial charge is 0.447 e. The highest BCUT2D eigenvalue weighted by atomic mass is 19.1. The van der Waals surface area contributed by atoms with Gasteiger partial charge in [0.05, 0.1) is 25.3 Å². The normalized spacial score (nSPS) is 20.2. The van der Waals surface area contributed by atoms with E-state index in [-0.39, 0.29) is 31.9 Å². The van der Waals surface area contributed by atoms with Crippen molar-refractivity contribution in [3.05, 3.63) is 23.8 Å². The van der Waals surface area contributed by atoms with Gasteiger partial charge in [0.15, 0.2) is 11.6 Å². The van der Waals surface area contributed by atoms with Crippen LogP contribution in [-0.4, -0.2) is 50.9 Å². The van der Waals surface area contributed by atoms with E-state index in [1.807, 2.05) is 0 Å². The number of nitrogens with zero attached hydrogens (tertiary/aromatic N) is 2. The van der Waals surface area contributed by atoms with Gasteiger partial charge in [0.1, 0.15) is 18.4 Å². The van der Waals surface area contributed by atoms with Crippen LogP contribution in [0.1, 0.15) is 0 Å². The molecule has 2 aliphatic heterocycles. The van der Waals surface area contributed by atoms with Crippen LogP contribution in [0.3, 0.4) is 0 Å². The van der Waals surface area contributed by atoms with Gasteiger partial charge in [-0.3, -0.25) is 14.6 Å². The summed E-state index contributed by atoms with van der Waals surface area (Å²) in [5, 5.41) is 2.37. The van der Waals surface area contributed by atoms with Gasteiger partial charge in [-0.05, 0) is 0 Å². The molecule has 0 bridgehead atoms. The first-order chi connectivity index (χ1) is 11.5. The summed E-state index contributed by atoms with van der Waals surface area (Å²) in [5.74, 6) is -1.99. The summed E-state index contributed by atoms with van der Waals surface area (Å²) in [5.41, 5.74) is -0.562. The van der Waals surface area contributed by atoms with Crippen LogP contribution < -0.4 is 15.1 Å². The molecule has 10 heteroatoms. The second-order valence-electron chi connectivity index (χ2n) is 5.17. The van der Waals surface area contributed by atoms with Crippen molar-refractivity contribution in [2.75, 3.05) is 36.0 Å². The first kappa shape index (κ1) is 16.0. The maximum Gasteiger partial charge on any atom is 0.414 e. The smallest absolute Gasteiger partial charge is 0.414 e. The number of nitrogens with one attached hydrogen (secondary N) is 1. The molecule has 8 nitrogen and oxygen atoms in total. The number of rotatable bonds is 5. The Hall–Kier alpha value is -2.91. The molecule has 0 spiro atoms. The fraction of sp³-hybridized carbons (Fsp3) is 0.357. The van der Waals surface area contributed by atoms with Gasteiger partial charge >= 0.3 is 12.2 Å². The third-order valence-electron chi connectivity index (χ3n) is 3.65. The van der Waals surface area contributed by atoms with Crippen molar-refractivity contribution in [3.63, 3.8) is 0 Å². The van der Waals surface area contributed by atoms with Crippen LogP contribution in [0, 0.1) is 11.6 Å². The summed E-state index contributed by atoms with van der Waals surface area (Å²) in [7, 11) is 0. The van der Waals surface area contributed by atoms with E-state index in [4.69, 9.17) is 4.74 Å². The van der Waals surface area contributed by atoms with E-state index < -0.39 is 35.6 Å². The number of anilines is 2. The van der Waals surface area contributed by atoms with E-state index in [0.717, 1.165) is 21.9 Å². The zero-order chi connectivity index (χ0) is 17.3. The fourth-order valence-electron chi connectivity index (χ4n) is 2.58. The summed E-state index contributed by atoms with van der Waals surface area (Å²) in [4.78, 5) is 35.5. The quantitative estimate of drug-likeness (QED) is 0.807. The SMILES string of the molecule is O=CNC[C@@H]1CN(c2cc(F)c(N3CCOC3=O)c(F)c2)C(=O)O1. The third kappa shape index (κ3) is 2.82. The van der Waals surface area contributed by atoms with Crippen molar-refractivity contribution < 1.29 is 32.6 Å². The summed E-state index contributed by atoms with van der Waals surface area (Å²) in [6.45, 7) is 0.207. The summed E-state index contributed by atoms with van der Waals surface area (Å²) in [6.07, 6.45) is -1.78. The molecule has 3 rings (SSSR count). The van der Waals surface area contributed by atoms with Crippen LogP contribution in [0.4, 0.5) is 29.7 Å². The van der Waals surface area contributed by atoms with Crippen LogP contribution in [0.15, 0.2) is 12.1 Å². The zero-order valence-corrected chi connectivity index (χ0v) is 12.3. The predicted octanol–water partition coefficient (Wildman–Crippen LogP) is 0.993. The molecule has 1 atom stereocenters. The Kier molecular flexibility index (Phi) is 4.19. The first-order valence-electron chi connectivity index (χ1n) is 7.09. The van der Waals surface area contributed by atoms with Gasteiger partial charge in [0.25, 0.3) is 0 Å². The van der Waals surface area contributed by atoms with E-state index in [2.05, 4.69) is 10.1 Å². The molecule has 24 heavy (non-hydrogen) atoms. The Morgan fingerprint density at radius 2 is 1.92 bits per heavy atom. The number of ether oxygens (including phenoxy) is 2. The molecule has 3 amide bonds. The summed E-state index contributed by atoms with van der Waals surface area (Å²) < 4.78 is 38.2. The van der Waals surface area contributed by atoms with Crippen LogP contribution in [0.25, 0.3) is 0 Å². The molecule has 1 aromatic rings. The van der Waals surface area contributed by atoms with Crippen molar-refractivity contribution in [1.82, 2.24) is 5.32 Å². The first-order valence-corrected chi connectivity index (χ1v) is 7.09. The monoisotopic (exact) mass is 341 g/mol. The van der Waals surface area contributed by atoms with Gasteiger partial charge in [-0.2, -0.15) is 0 Å². The molecule has 2 aliphatic rings. The second kappa shape index (κ2) is 6.30. The lowest BCUT2D eigenvalue weighted by atomic mass is 10.2. The molecule has 0 unspecified atom stereocenters. The maximum atomic E-state index is 14.3. The lowest BCUT2D eigenvalue weighted by Crippen LogP contribution is -2.30. The summed E-state index contributed by atoms with van der Waals surface area (Å²) >= 11 is 0. The van der Waals surface area contributed by atoms with Gasteiger partial charge in [-0.1, -0.05) is 0 Å². The molecule has 1 aromatic carbocycles. The van der Waals surface area contributed by atoms with E-state index in [1.54, 1.807) is 0 Å². The number of cyclic esters (lactones) is 2. The molecule has 0 aromatic heterocycles. The molecule has 128 valence electrons. The predicted molar refractivity (Wildman–Crippen MR) is 76.7 cm³/mol. The maximum absolute atomic E-state index is 14.3. The van der Waals surface area contributed by atoms with E-state index >= 15 is 0 Å². The van der Waals surface area contributed by atoms with Crippen molar-refractivity contribution in [2.45, 2.75) is 6.10 Å².